The Labute approximate surface area is 207 Å². The standard InChI is InChI=1S/C28H36N2O5/c1-17(2)25(28(4,5)26(32)33)30-24(31)15-14-18(3)29-27(34)35-16-23-21-12-8-6-10-19(21)20-11-7-9-13-22(20)23/h6-13,17-18,23,25H,14-16H2,1-5H3,(H,29,34)(H,30,31)(H,32,33). The van der Waals surface area contributed by atoms with Crippen LogP contribution in [0.15, 0.2) is 48.5 Å². The fourth-order valence-electron chi connectivity index (χ4n) is 4.82. The van der Waals surface area contributed by atoms with Crippen molar-refractivity contribution in [2.75, 3.05) is 6.61 Å². The molecule has 0 bridgehead atoms. The van der Waals surface area contributed by atoms with Gasteiger partial charge in [-0.25, -0.2) is 4.79 Å². The molecule has 3 rings (SSSR count). The highest BCUT2D eigenvalue weighted by Crippen LogP contribution is 2.44. The van der Waals surface area contributed by atoms with Crippen LogP contribution in [0, 0.1) is 11.3 Å². The number of fused-ring (bicyclic) bond motifs is 3. The third-order valence-electron chi connectivity index (χ3n) is 6.82. The Bertz CT molecular complexity index is 1030. The summed E-state index contributed by atoms with van der Waals surface area (Å²) < 4.78 is 5.57. The van der Waals surface area contributed by atoms with E-state index in [2.05, 4.69) is 34.9 Å². The van der Waals surface area contributed by atoms with Crippen LogP contribution in [0.25, 0.3) is 11.1 Å². The van der Waals surface area contributed by atoms with Crippen LogP contribution in [0.5, 0.6) is 0 Å². The van der Waals surface area contributed by atoms with Gasteiger partial charge in [-0.15, -0.1) is 0 Å². The van der Waals surface area contributed by atoms with E-state index in [0.29, 0.717) is 6.42 Å². The van der Waals surface area contributed by atoms with Crippen LogP contribution in [0.4, 0.5) is 4.79 Å². The Hall–Kier alpha value is -3.35. The molecule has 2 amide bonds. The fraction of sp³-hybridized carbons (Fsp3) is 0.464. The summed E-state index contributed by atoms with van der Waals surface area (Å²) >= 11 is 0. The van der Waals surface area contributed by atoms with Crippen molar-refractivity contribution in [3.63, 3.8) is 0 Å². The number of carbonyl (C=O) groups excluding carboxylic acids is 2. The molecule has 7 nitrogen and oxygen atoms in total. The molecular formula is C28H36N2O5. The zero-order valence-electron chi connectivity index (χ0n) is 21.1. The van der Waals surface area contributed by atoms with Crippen molar-refractivity contribution in [3.8, 4) is 11.1 Å². The van der Waals surface area contributed by atoms with Crippen LogP contribution in [0.2, 0.25) is 0 Å². The lowest BCUT2D eigenvalue weighted by Crippen LogP contribution is -2.52. The summed E-state index contributed by atoms with van der Waals surface area (Å²) in [5.41, 5.74) is 3.55. The molecule has 7 heteroatoms. The molecule has 0 radical (unpaired) electrons. The van der Waals surface area contributed by atoms with Gasteiger partial charge in [-0.3, -0.25) is 9.59 Å². The highest BCUT2D eigenvalue weighted by Gasteiger charge is 2.39. The summed E-state index contributed by atoms with van der Waals surface area (Å²) in [4.78, 5) is 36.6. The van der Waals surface area contributed by atoms with E-state index in [1.54, 1.807) is 13.8 Å². The van der Waals surface area contributed by atoms with Gasteiger partial charge in [0.15, 0.2) is 0 Å². The Morgan fingerprint density at radius 1 is 0.943 bits per heavy atom. The van der Waals surface area contributed by atoms with Crippen LogP contribution >= 0.6 is 0 Å². The Kier molecular flexibility index (Phi) is 8.20. The van der Waals surface area contributed by atoms with Gasteiger partial charge in [0.1, 0.15) is 6.61 Å². The minimum absolute atomic E-state index is 0.0141. The number of rotatable bonds is 10. The van der Waals surface area contributed by atoms with Gasteiger partial charge in [0.2, 0.25) is 5.91 Å². The molecule has 0 saturated carbocycles. The van der Waals surface area contributed by atoms with E-state index in [4.69, 9.17) is 4.74 Å². The maximum atomic E-state index is 12.5. The van der Waals surface area contributed by atoms with Gasteiger partial charge in [0, 0.05) is 24.4 Å². The average molecular weight is 481 g/mol. The molecule has 188 valence electrons. The molecule has 0 saturated heterocycles. The van der Waals surface area contributed by atoms with E-state index in [0.717, 1.165) is 11.1 Å². The molecule has 0 aromatic heterocycles. The molecule has 0 spiro atoms. The summed E-state index contributed by atoms with van der Waals surface area (Å²) in [6, 6.07) is 15.5. The Morgan fingerprint density at radius 3 is 2.00 bits per heavy atom. The van der Waals surface area contributed by atoms with Crippen LogP contribution in [-0.4, -0.2) is 41.8 Å². The second kappa shape index (κ2) is 10.9. The molecular weight excluding hydrogens is 444 g/mol. The van der Waals surface area contributed by atoms with Crippen LogP contribution in [-0.2, 0) is 14.3 Å². The summed E-state index contributed by atoms with van der Waals surface area (Å²) in [7, 11) is 0. The van der Waals surface area contributed by atoms with Crippen molar-refractivity contribution in [2.45, 2.75) is 65.5 Å². The first-order valence-corrected chi connectivity index (χ1v) is 12.2. The van der Waals surface area contributed by atoms with Gasteiger partial charge >= 0.3 is 12.1 Å². The molecule has 2 aromatic rings. The molecule has 0 aliphatic heterocycles. The first-order valence-electron chi connectivity index (χ1n) is 12.2. The summed E-state index contributed by atoms with van der Waals surface area (Å²) in [6.07, 6.45) is 0.0600. The number of alkyl carbamates (subject to hydrolysis) is 1. The maximum absolute atomic E-state index is 12.5. The second-order valence-electron chi connectivity index (χ2n) is 10.2. The van der Waals surface area contributed by atoms with Crippen LogP contribution in [0.3, 0.4) is 0 Å². The Morgan fingerprint density at radius 2 is 1.49 bits per heavy atom. The molecule has 0 heterocycles. The van der Waals surface area contributed by atoms with E-state index in [9.17, 15) is 19.5 Å². The number of benzene rings is 2. The highest BCUT2D eigenvalue weighted by atomic mass is 16.5. The number of nitrogens with one attached hydrogen (secondary N) is 2. The van der Waals surface area contributed by atoms with E-state index in [1.165, 1.54) is 11.1 Å². The van der Waals surface area contributed by atoms with Gasteiger partial charge in [0.05, 0.1) is 5.41 Å². The van der Waals surface area contributed by atoms with Crippen molar-refractivity contribution >= 4 is 18.0 Å². The first kappa shape index (κ1) is 26.3. The SMILES string of the molecule is CC(CCC(=O)NC(C(C)C)C(C)(C)C(=O)O)NC(=O)OCC1c2ccccc2-c2ccccc21. The maximum Gasteiger partial charge on any atom is 0.407 e. The largest absolute Gasteiger partial charge is 0.481 e. The van der Waals surface area contributed by atoms with Crippen molar-refractivity contribution in [3.05, 3.63) is 59.7 Å². The summed E-state index contributed by atoms with van der Waals surface area (Å²) in [6.45, 7) is 9.04. The molecule has 2 unspecified atom stereocenters. The topological polar surface area (TPSA) is 105 Å². The van der Waals surface area contributed by atoms with Crippen LogP contribution in [0.1, 0.15) is 64.5 Å². The van der Waals surface area contributed by atoms with Crippen molar-refractivity contribution in [2.24, 2.45) is 11.3 Å². The van der Waals surface area contributed by atoms with Gasteiger partial charge in [0.25, 0.3) is 0 Å². The highest BCUT2D eigenvalue weighted by molar-refractivity contribution is 5.80. The number of carbonyl (C=O) groups is 3. The molecule has 1 aliphatic rings. The second-order valence-corrected chi connectivity index (χ2v) is 10.2. The molecule has 2 aromatic carbocycles. The van der Waals surface area contributed by atoms with Crippen molar-refractivity contribution in [1.82, 2.24) is 10.6 Å². The normalized spacial score (nSPS) is 14.6. The van der Waals surface area contributed by atoms with Gasteiger partial charge in [-0.2, -0.15) is 0 Å². The van der Waals surface area contributed by atoms with Gasteiger partial charge in [-0.1, -0.05) is 62.4 Å². The lowest BCUT2D eigenvalue weighted by atomic mass is 9.78. The molecule has 35 heavy (non-hydrogen) atoms. The average Bonchev–Trinajstić information content (AvgIpc) is 3.13. The minimum atomic E-state index is -1.09. The Balaban J connectivity index is 1.49. The number of ether oxygens (including phenoxy) is 1. The van der Waals surface area contributed by atoms with E-state index in [-0.39, 0.29) is 36.8 Å². The predicted octanol–water partition coefficient (Wildman–Crippen LogP) is 4.95. The number of carboxylic acids is 1. The van der Waals surface area contributed by atoms with Gasteiger partial charge < -0.3 is 20.5 Å². The zero-order valence-corrected chi connectivity index (χ0v) is 21.1. The fourth-order valence-corrected chi connectivity index (χ4v) is 4.82. The summed E-state index contributed by atoms with van der Waals surface area (Å²) in [5.74, 6) is -1.25. The lowest BCUT2D eigenvalue weighted by Gasteiger charge is -2.34. The molecule has 3 N–H and O–H groups in total. The number of aliphatic carboxylic acids is 1. The van der Waals surface area contributed by atoms with Crippen LogP contribution < -0.4 is 10.6 Å². The number of hydrogen-bond acceptors (Lipinski definition) is 4. The number of hydrogen-bond donors (Lipinski definition) is 3. The smallest absolute Gasteiger partial charge is 0.407 e. The molecule has 1 aliphatic carbocycles. The third-order valence-corrected chi connectivity index (χ3v) is 6.82. The quantitative estimate of drug-likeness (QED) is 0.447. The molecule has 0 fully saturated rings. The van der Waals surface area contributed by atoms with Crippen molar-refractivity contribution < 1.29 is 24.2 Å². The zero-order chi connectivity index (χ0) is 25.8. The number of carboxylic acid groups (broad SMARTS) is 1. The third kappa shape index (κ3) is 6.02. The monoisotopic (exact) mass is 480 g/mol. The number of amides is 2. The first-order chi connectivity index (χ1) is 16.5. The van der Waals surface area contributed by atoms with E-state index < -0.39 is 23.5 Å². The predicted molar refractivity (Wildman–Crippen MR) is 135 cm³/mol. The summed E-state index contributed by atoms with van der Waals surface area (Å²) in [5, 5.41) is 15.2. The van der Waals surface area contributed by atoms with E-state index >= 15 is 0 Å². The van der Waals surface area contributed by atoms with Gasteiger partial charge in [-0.05, 0) is 55.4 Å². The molecule has 2 atom stereocenters. The minimum Gasteiger partial charge on any atom is -0.481 e. The van der Waals surface area contributed by atoms with E-state index in [1.807, 2.05) is 45.0 Å². The van der Waals surface area contributed by atoms with Crippen molar-refractivity contribution in [1.29, 1.82) is 0 Å². The lowest BCUT2D eigenvalue weighted by molar-refractivity contribution is -0.150.